The highest BCUT2D eigenvalue weighted by Crippen LogP contribution is 1.85. The molecule has 0 aromatic rings. The number of ether oxygens (including phenoxy) is 3. The molecule has 6 heteroatoms. The molecule has 0 rings (SSSR count). The summed E-state index contributed by atoms with van der Waals surface area (Å²) in [6, 6.07) is 0. The Labute approximate surface area is 93.9 Å². The molecule has 1 N–H and O–H groups in total. The van der Waals surface area contributed by atoms with Crippen LogP contribution in [-0.2, 0) is 14.2 Å². The fourth-order valence-electron chi connectivity index (χ4n) is 0.642. The van der Waals surface area contributed by atoms with E-state index in [1.807, 2.05) is 0 Å². The van der Waals surface area contributed by atoms with E-state index >= 15 is 0 Å². The summed E-state index contributed by atoms with van der Waals surface area (Å²) in [7, 11) is 0. The minimum absolute atomic E-state index is 0.0131. The van der Waals surface area contributed by atoms with Crippen LogP contribution in [0.2, 0.25) is 0 Å². The third-order valence-corrected chi connectivity index (χ3v) is 1.24. The molecule has 6 nitrogen and oxygen atoms in total. The second-order valence-electron chi connectivity index (χ2n) is 2.51. The Kier molecular flexibility index (Phi) is 8.39. The van der Waals surface area contributed by atoms with E-state index in [1.54, 1.807) is 0 Å². The van der Waals surface area contributed by atoms with Crippen LogP contribution in [0.25, 0.3) is 0 Å². The van der Waals surface area contributed by atoms with Crippen LogP contribution < -0.4 is 5.32 Å². The lowest BCUT2D eigenvalue weighted by Gasteiger charge is -2.06. The Bertz CT molecular complexity index is 226. The highest BCUT2D eigenvalue weighted by atomic mass is 16.7. The Morgan fingerprint density at radius 3 is 2.31 bits per heavy atom. The number of hydrogen-bond acceptors (Lipinski definition) is 5. The van der Waals surface area contributed by atoms with Crippen LogP contribution in [0.15, 0.2) is 25.3 Å². The van der Waals surface area contributed by atoms with Gasteiger partial charge in [-0.2, -0.15) is 0 Å². The van der Waals surface area contributed by atoms with Gasteiger partial charge in [-0.3, -0.25) is 0 Å². The van der Waals surface area contributed by atoms with Crippen LogP contribution in [0.5, 0.6) is 0 Å². The summed E-state index contributed by atoms with van der Waals surface area (Å²) in [5.74, 6) is 0. The first-order valence-electron chi connectivity index (χ1n) is 4.62. The normalized spacial score (nSPS) is 8.75. The maximum absolute atomic E-state index is 10.9. The van der Waals surface area contributed by atoms with Crippen molar-refractivity contribution in [3.63, 3.8) is 0 Å². The Morgan fingerprint density at radius 1 is 1.06 bits per heavy atom. The van der Waals surface area contributed by atoms with Gasteiger partial charge in [0.1, 0.15) is 19.8 Å². The third-order valence-electron chi connectivity index (χ3n) is 1.24. The van der Waals surface area contributed by atoms with Crippen LogP contribution >= 0.6 is 0 Å². The molecule has 0 aliphatic heterocycles. The number of amides is 1. The highest BCUT2D eigenvalue weighted by molar-refractivity contribution is 5.67. The molecule has 0 aromatic carbocycles. The van der Waals surface area contributed by atoms with Crippen molar-refractivity contribution < 1.29 is 23.8 Å². The van der Waals surface area contributed by atoms with Crippen LogP contribution in [0.3, 0.4) is 0 Å². The molecule has 16 heavy (non-hydrogen) atoms. The zero-order chi connectivity index (χ0) is 12.2. The summed E-state index contributed by atoms with van der Waals surface area (Å²) < 4.78 is 13.7. The number of alkyl carbamates (subject to hydrolysis) is 1. The largest absolute Gasteiger partial charge is 0.508 e. The van der Waals surface area contributed by atoms with Gasteiger partial charge in [0.05, 0.1) is 6.54 Å². The first-order chi connectivity index (χ1) is 7.70. The Hall–Kier alpha value is -1.98. The van der Waals surface area contributed by atoms with E-state index in [2.05, 4.69) is 32.7 Å². The number of hydrogen-bond donors (Lipinski definition) is 1. The SMILES string of the molecule is C=CCOC(=O)NCCOC(=O)OCC=C. The second-order valence-corrected chi connectivity index (χ2v) is 2.51. The average Bonchev–Trinajstić information content (AvgIpc) is 2.29. The zero-order valence-electron chi connectivity index (χ0n) is 8.94. The topological polar surface area (TPSA) is 73.9 Å². The number of rotatable bonds is 7. The van der Waals surface area contributed by atoms with E-state index in [4.69, 9.17) is 0 Å². The van der Waals surface area contributed by atoms with Crippen LogP contribution in [0.1, 0.15) is 0 Å². The van der Waals surface area contributed by atoms with Crippen LogP contribution in [0.4, 0.5) is 9.59 Å². The van der Waals surface area contributed by atoms with Crippen molar-refractivity contribution in [2.75, 3.05) is 26.4 Å². The highest BCUT2D eigenvalue weighted by Gasteiger charge is 2.03. The predicted octanol–water partition coefficient (Wildman–Crippen LogP) is 1.24. The summed E-state index contributed by atoms with van der Waals surface area (Å²) in [4.78, 5) is 21.6. The van der Waals surface area contributed by atoms with Gasteiger partial charge in [-0.15, -0.1) is 0 Å². The molecule has 0 aliphatic rings. The van der Waals surface area contributed by atoms with Crippen molar-refractivity contribution in [2.24, 2.45) is 0 Å². The van der Waals surface area contributed by atoms with Gasteiger partial charge in [-0.1, -0.05) is 25.3 Å². The molecule has 0 spiro atoms. The molecule has 0 radical (unpaired) electrons. The fourth-order valence-corrected chi connectivity index (χ4v) is 0.642. The zero-order valence-corrected chi connectivity index (χ0v) is 8.94. The molecule has 0 aliphatic carbocycles. The molecule has 0 saturated carbocycles. The van der Waals surface area contributed by atoms with E-state index in [9.17, 15) is 9.59 Å². The molecule has 0 unspecified atom stereocenters. The van der Waals surface area contributed by atoms with E-state index in [-0.39, 0.29) is 26.4 Å². The average molecular weight is 229 g/mol. The number of carbonyl (C=O) groups is 2. The molecule has 0 heterocycles. The Balaban J connectivity index is 3.37. The van der Waals surface area contributed by atoms with E-state index in [1.165, 1.54) is 12.2 Å². The molecule has 0 fully saturated rings. The number of nitrogens with one attached hydrogen (secondary N) is 1. The molecule has 1 amide bonds. The smallest absolute Gasteiger partial charge is 0.445 e. The van der Waals surface area contributed by atoms with Crippen molar-refractivity contribution in [1.29, 1.82) is 0 Å². The van der Waals surface area contributed by atoms with E-state index < -0.39 is 12.2 Å². The molecule has 90 valence electrons. The van der Waals surface area contributed by atoms with Crippen molar-refractivity contribution in [3.05, 3.63) is 25.3 Å². The molecular weight excluding hydrogens is 214 g/mol. The number of carbonyl (C=O) groups excluding carboxylic acids is 2. The van der Waals surface area contributed by atoms with Crippen molar-refractivity contribution in [1.82, 2.24) is 5.32 Å². The first kappa shape index (κ1) is 14.0. The lowest BCUT2D eigenvalue weighted by Crippen LogP contribution is -2.28. The maximum atomic E-state index is 10.9. The maximum Gasteiger partial charge on any atom is 0.508 e. The van der Waals surface area contributed by atoms with Crippen molar-refractivity contribution in [2.45, 2.75) is 0 Å². The first-order valence-corrected chi connectivity index (χ1v) is 4.62. The second kappa shape index (κ2) is 9.57. The summed E-state index contributed by atoms with van der Waals surface area (Å²) in [5.41, 5.74) is 0. The quantitative estimate of drug-likeness (QED) is 0.404. The lowest BCUT2D eigenvalue weighted by molar-refractivity contribution is 0.0633. The van der Waals surface area contributed by atoms with E-state index in [0.29, 0.717) is 0 Å². The van der Waals surface area contributed by atoms with Crippen LogP contribution in [0, 0.1) is 0 Å². The molecule has 0 atom stereocenters. The standard InChI is InChI=1S/C10H15NO5/c1-3-6-14-9(12)11-5-8-16-10(13)15-7-4-2/h3-4H,1-2,5-8H2,(H,11,12). The molecule has 0 aromatic heterocycles. The van der Waals surface area contributed by atoms with Gasteiger partial charge in [0, 0.05) is 0 Å². The molecule has 0 saturated heterocycles. The van der Waals surface area contributed by atoms with Crippen molar-refractivity contribution >= 4 is 12.2 Å². The third kappa shape index (κ3) is 8.61. The fraction of sp³-hybridized carbons (Fsp3) is 0.400. The molecular formula is C10H15NO5. The molecule has 0 bridgehead atoms. The van der Waals surface area contributed by atoms with Crippen LogP contribution in [-0.4, -0.2) is 38.6 Å². The lowest BCUT2D eigenvalue weighted by atomic mass is 10.7. The van der Waals surface area contributed by atoms with Gasteiger partial charge in [0.15, 0.2) is 0 Å². The minimum Gasteiger partial charge on any atom is -0.445 e. The van der Waals surface area contributed by atoms with Gasteiger partial charge < -0.3 is 19.5 Å². The van der Waals surface area contributed by atoms with Gasteiger partial charge >= 0.3 is 12.2 Å². The summed E-state index contributed by atoms with van der Waals surface area (Å²) in [5, 5.41) is 2.37. The summed E-state index contributed by atoms with van der Waals surface area (Å²) in [6.45, 7) is 7.14. The van der Waals surface area contributed by atoms with Gasteiger partial charge in [-0.25, -0.2) is 9.59 Å². The summed E-state index contributed by atoms with van der Waals surface area (Å²) in [6.07, 6.45) is 1.47. The van der Waals surface area contributed by atoms with E-state index in [0.717, 1.165) is 0 Å². The van der Waals surface area contributed by atoms with Crippen molar-refractivity contribution in [3.8, 4) is 0 Å². The van der Waals surface area contributed by atoms with Gasteiger partial charge in [-0.05, 0) is 0 Å². The minimum atomic E-state index is -0.804. The predicted molar refractivity (Wildman–Crippen MR) is 57.0 cm³/mol. The monoisotopic (exact) mass is 229 g/mol. The van der Waals surface area contributed by atoms with Gasteiger partial charge in [0.25, 0.3) is 0 Å². The Morgan fingerprint density at radius 2 is 1.69 bits per heavy atom. The van der Waals surface area contributed by atoms with Gasteiger partial charge in [0.2, 0.25) is 0 Å². The summed E-state index contributed by atoms with van der Waals surface area (Å²) >= 11 is 0.